The van der Waals surface area contributed by atoms with Gasteiger partial charge in [-0.1, -0.05) is 13.8 Å². The quantitative estimate of drug-likeness (QED) is 0.767. The molecule has 0 amide bonds. The van der Waals surface area contributed by atoms with Gasteiger partial charge in [-0.05, 0) is 19.9 Å². The fourth-order valence-corrected chi connectivity index (χ4v) is 1.68. The third-order valence-corrected chi connectivity index (χ3v) is 2.17. The highest BCUT2D eigenvalue weighted by molar-refractivity contribution is 5.20. The summed E-state index contributed by atoms with van der Waals surface area (Å²) in [7, 11) is 1.97. The molecule has 0 bridgehead atoms. The van der Waals surface area contributed by atoms with Gasteiger partial charge < -0.3 is 5.32 Å². The first kappa shape index (κ1) is 10.3. The summed E-state index contributed by atoms with van der Waals surface area (Å²) in [6.07, 6.45) is 1.97. The molecule has 0 atom stereocenters. The van der Waals surface area contributed by atoms with E-state index in [1.54, 1.807) is 0 Å². The van der Waals surface area contributed by atoms with E-state index in [1.807, 2.05) is 13.2 Å². The summed E-state index contributed by atoms with van der Waals surface area (Å²) in [4.78, 5) is 0. The molecule has 0 aliphatic heterocycles. The van der Waals surface area contributed by atoms with E-state index in [0.29, 0.717) is 5.92 Å². The first-order valence-corrected chi connectivity index (χ1v) is 4.89. The highest BCUT2D eigenvalue weighted by Gasteiger charge is 2.11. The maximum atomic E-state index is 4.35. The van der Waals surface area contributed by atoms with E-state index >= 15 is 0 Å². The van der Waals surface area contributed by atoms with Crippen LogP contribution in [-0.2, 0) is 13.1 Å². The zero-order chi connectivity index (χ0) is 9.84. The van der Waals surface area contributed by atoms with Crippen molar-refractivity contribution in [3.8, 4) is 0 Å². The molecule has 0 aromatic carbocycles. The van der Waals surface area contributed by atoms with Crippen molar-refractivity contribution in [2.24, 2.45) is 0 Å². The fourth-order valence-electron chi connectivity index (χ4n) is 1.68. The summed E-state index contributed by atoms with van der Waals surface area (Å²) < 4.78 is 2.08. The third-order valence-electron chi connectivity index (χ3n) is 2.17. The predicted octanol–water partition coefficient (Wildman–Crippen LogP) is 1.75. The molecule has 0 radical (unpaired) electrons. The third kappa shape index (κ3) is 2.10. The molecule has 3 heteroatoms. The maximum absolute atomic E-state index is 4.35. The standard InChI is InChI=1S/C10H19N3/c1-5-13-10(8(2)3)9(6-11-4)7-12-13/h7-8,11H,5-6H2,1-4H3. The molecule has 3 nitrogen and oxygen atoms in total. The summed E-state index contributed by atoms with van der Waals surface area (Å²) >= 11 is 0. The minimum absolute atomic E-state index is 0.547. The topological polar surface area (TPSA) is 29.9 Å². The molecule has 74 valence electrons. The van der Waals surface area contributed by atoms with Crippen LogP contribution in [0.15, 0.2) is 6.20 Å². The zero-order valence-corrected chi connectivity index (χ0v) is 8.96. The Morgan fingerprint density at radius 1 is 1.54 bits per heavy atom. The van der Waals surface area contributed by atoms with E-state index in [4.69, 9.17) is 0 Å². The summed E-state index contributed by atoms with van der Waals surface area (Å²) in [6, 6.07) is 0. The van der Waals surface area contributed by atoms with E-state index in [1.165, 1.54) is 11.3 Å². The molecule has 1 aromatic heterocycles. The summed E-state index contributed by atoms with van der Waals surface area (Å²) in [6.45, 7) is 8.41. The minimum Gasteiger partial charge on any atom is -0.316 e. The molecular formula is C10H19N3. The highest BCUT2D eigenvalue weighted by Crippen LogP contribution is 2.18. The molecule has 0 aliphatic rings. The van der Waals surface area contributed by atoms with Gasteiger partial charge in [0.2, 0.25) is 0 Å². The van der Waals surface area contributed by atoms with Crippen LogP contribution in [0.3, 0.4) is 0 Å². The Bertz CT molecular complexity index is 263. The number of nitrogens with one attached hydrogen (secondary N) is 1. The van der Waals surface area contributed by atoms with E-state index in [-0.39, 0.29) is 0 Å². The number of hydrogen-bond donors (Lipinski definition) is 1. The van der Waals surface area contributed by atoms with Crippen molar-refractivity contribution < 1.29 is 0 Å². The van der Waals surface area contributed by atoms with Gasteiger partial charge in [0.25, 0.3) is 0 Å². The molecule has 0 saturated carbocycles. The van der Waals surface area contributed by atoms with Gasteiger partial charge in [0.05, 0.1) is 6.20 Å². The number of rotatable bonds is 4. The van der Waals surface area contributed by atoms with Gasteiger partial charge in [-0.3, -0.25) is 4.68 Å². The number of hydrogen-bond acceptors (Lipinski definition) is 2. The lowest BCUT2D eigenvalue weighted by Crippen LogP contribution is -2.10. The van der Waals surface area contributed by atoms with Crippen LogP contribution in [0.1, 0.15) is 37.9 Å². The van der Waals surface area contributed by atoms with Crippen LogP contribution in [0.4, 0.5) is 0 Å². The van der Waals surface area contributed by atoms with Gasteiger partial charge >= 0.3 is 0 Å². The van der Waals surface area contributed by atoms with Gasteiger partial charge in [-0.2, -0.15) is 5.10 Å². The van der Waals surface area contributed by atoms with Gasteiger partial charge in [-0.15, -0.1) is 0 Å². The minimum atomic E-state index is 0.547. The number of nitrogens with zero attached hydrogens (tertiary/aromatic N) is 2. The first-order valence-electron chi connectivity index (χ1n) is 4.89. The Morgan fingerprint density at radius 3 is 2.69 bits per heavy atom. The van der Waals surface area contributed by atoms with E-state index in [0.717, 1.165) is 13.1 Å². The smallest absolute Gasteiger partial charge is 0.0537 e. The monoisotopic (exact) mass is 181 g/mol. The Morgan fingerprint density at radius 2 is 2.23 bits per heavy atom. The van der Waals surface area contributed by atoms with Gasteiger partial charge in [0.1, 0.15) is 0 Å². The lowest BCUT2D eigenvalue weighted by atomic mass is 10.1. The van der Waals surface area contributed by atoms with Crippen molar-refractivity contribution in [1.29, 1.82) is 0 Å². The van der Waals surface area contributed by atoms with Crippen molar-refractivity contribution in [2.45, 2.75) is 39.8 Å². The van der Waals surface area contributed by atoms with Gasteiger partial charge in [0.15, 0.2) is 0 Å². The van der Waals surface area contributed by atoms with E-state index in [9.17, 15) is 0 Å². The highest BCUT2D eigenvalue weighted by atomic mass is 15.3. The second kappa shape index (κ2) is 4.42. The summed E-state index contributed by atoms with van der Waals surface area (Å²) in [5.74, 6) is 0.547. The summed E-state index contributed by atoms with van der Waals surface area (Å²) in [5.41, 5.74) is 2.68. The van der Waals surface area contributed by atoms with Crippen LogP contribution < -0.4 is 5.32 Å². The molecule has 0 aliphatic carbocycles. The SMILES string of the molecule is CCn1ncc(CNC)c1C(C)C. The molecule has 0 spiro atoms. The predicted molar refractivity (Wildman–Crippen MR) is 54.8 cm³/mol. The molecule has 0 saturated heterocycles. The molecule has 1 heterocycles. The Kier molecular flexibility index (Phi) is 3.48. The zero-order valence-electron chi connectivity index (χ0n) is 8.96. The average molecular weight is 181 g/mol. The summed E-state index contributed by atoms with van der Waals surface area (Å²) in [5, 5.41) is 7.51. The second-order valence-corrected chi connectivity index (χ2v) is 3.56. The Labute approximate surface area is 80.1 Å². The largest absolute Gasteiger partial charge is 0.316 e. The van der Waals surface area contributed by atoms with E-state index < -0.39 is 0 Å². The van der Waals surface area contributed by atoms with Crippen LogP contribution in [0.2, 0.25) is 0 Å². The number of aromatic nitrogens is 2. The van der Waals surface area contributed by atoms with Crippen molar-refractivity contribution in [2.75, 3.05) is 7.05 Å². The molecule has 1 aromatic rings. The van der Waals surface area contributed by atoms with Gasteiger partial charge in [-0.25, -0.2) is 0 Å². The molecular weight excluding hydrogens is 162 g/mol. The van der Waals surface area contributed by atoms with Crippen molar-refractivity contribution in [3.05, 3.63) is 17.5 Å². The molecule has 1 rings (SSSR count). The Hall–Kier alpha value is -0.830. The van der Waals surface area contributed by atoms with Gasteiger partial charge in [0, 0.05) is 24.3 Å². The van der Waals surface area contributed by atoms with Crippen LogP contribution >= 0.6 is 0 Å². The Balaban J connectivity index is 2.99. The number of aryl methyl sites for hydroxylation is 1. The lowest BCUT2D eigenvalue weighted by Gasteiger charge is -2.10. The van der Waals surface area contributed by atoms with Crippen LogP contribution in [-0.4, -0.2) is 16.8 Å². The first-order chi connectivity index (χ1) is 6.20. The van der Waals surface area contributed by atoms with Crippen molar-refractivity contribution in [1.82, 2.24) is 15.1 Å². The van der Waals surface area contributed by atoms with Crippen LogP contribution in [0.5, 0.6) is 0 Å². The maximum Gasteiger partial charge on any atom is 0.0537 e. The van der Waals surface area contributed by atoms with Crippen molar-refractivity contribution in [3.63, 3.8) is 0 Å². The van der Waals surface area contributed by atoms with Crippen LogP contribution in [0, 0.1) is 0 Å². The van der Waals surface area contributed by atoms with Crippen molar-refractivity contribution >= 4 is 0 Å². The molecule has 0 fully saturated rings. The normalized spacial score (nSPS) is 11.2. The van der Waals surface area contributed by atoms with E-state index in [2.05, 4.69) is 35.9 Å². The second-order valence-electron chi connectivity index (χ2n) is 3.56. The molecule has 0 unspecified atom stereocenters. The lowest BCUT2D eigenvalue weighted by molar-refractivity contribution is 0.593. The molecule has 1 N–H and O–H groups in total. The van der Waals surface area contributed by atoms with Crippen LogP contribution in [0.25, 0.3) is 0 Å². The average Bonchev–Trinajstić information content (AvgIpc) is 2.48. The molecule has 13 heavy (non-hydrogen) atoms. The fraction of sp³-hybridized carbons (Fsp3) is 0.700.